The Labute approximate surface area is 135 Å². The Balaban J connectivity index is 2.35. The molecule has 0 saturated carbocycles. The van der Waals surface area contributed by atoms with Crippen molar-refractivity contribution in [3.05, 3.63) is 62.0 Å². The van der Waals surface area contributed by atoms with Gasteiger partial charge in [-0.2, -0.15) is 0 Å². The van der Waals surface area contributed by atoms with Crippen molar-refractivity contribution in [2.75, 3.05) is 7.11 Å². The molecule has 2 aromatic carbocycles. The fourth-order valence-corrected chi connectivity index (χ4v) is 2.84. The SMILES string of the molecule is COc1ccc(C(Cl)c2ccc(Cl)c(Cl)c2)cc1Br. The molecular weight excluding hydrogens is 370 g/mol. The van der Waals surface area contributed by atoms with E-state index in [1.807, 2.05) is 24.3 Å². The maximum atomic E-state index is 6.46. The molecule has 2 rings (SSSR count). The summed E-state index contributed by atoms with van der Waals surface area (Å²) in [5.74, 6) is 0.766. The maximum absolute atomic E-state index is 6.46. The first-order chi connectivity index (χ1) is 9.02. The zero-order valence-corrected chi connectivity index (χ0v) is 13.8. The molecule has 0 spiro atoms. The molecule has 0 fully saturated rings. The Morgan fingerprint density at radius 3 is 2.21 bits per heavy atom. The number of rotatable bonds is 3. The Kier molecular flexibility index (Phi) is 5.02. The second-order valence-corrected chi connectivity index (χ2v) is 6.04. The number of ether oxygens (including phenoxy) is 1. The van der Waals surface area contributed by atoms with E-state index in [9.17, 15) is 0 Å². The van der Waals surface area contributed by atoms with Gasteiger partial charge in [0.25, 0.3) is 0 Å². The predicted octanol–water partition coefficient (Wildman–Crippen LogP) is 6.09. The molecule has 0 heterocycles. The van der Waals surface area contributed by atoms with Gasteiger partial charge in [0.05, 0.1) is 27.0 Å². The van der Waals surface area contributed by atoms with Crippen LogP contribution in [0.4, 0.5) is 0 Å². The van der Waals surface area contributed by atoms with Gasteiger partial charge >= 0.3 is 0 Å². The highest BCUT2D eigenvalue weighted by atomic mass is 79.9. The zero-order chi connectivity index (χ0) is 14.0. The molecule has 0 radical (unpaired) electrons. The molecule has 19 heavy (non-hydrogen) atoms. The number of halogens is 4. The molecule has 100 valence electrons. The highest BCUT2D eigenvalue weighted by Gasteiger charge is 2.14. The van der Waals surface area contributed by atoms with Gasteiger partial charge in [-0.3, -0.25) is 0 Å². The van der Waals surface area contributed by atoms with Crippen molar-refractivity contribution < 1.29 is 4.74 Å². The molecular formula is C14H10BrCl3O. The predicted molar refractivity (Wildman–Crippen MR) is 84.9 cm³/mol. The number of benzene rings is 2. The third-order valence-corrected chi connectivity index (χ3v) is 4.57. The number of hydrogen-bond acceptors (Lipinski definition) is 1. The van der Waals surface area contributed by atoms with Crippen LogP contribution in [0.3, 0.4) is 0 Å². The normalized spacial score (nSPS) is 12.3. The van der Waals surface area contributed by atoms with Crippen molar-refractivity contribution in [1.29, 1.82) is 0 Å². The van der Waals surface area contributed by atoms with E-state index < -0.39 is 0 Å². The van der Waals surface area contributed by atoms with Gasteiger partial charge in [-0.25, -0.2) is 0 Å². The number of hydrogen-bond donors (Lipinski definition) is 0. The molecule has 1 unspecified atom stereocenters. The van der Waals surface area contributed by atoms with Gasteiger partial charge in [0.2, 0.25) is 0 Å². The van der Waals surface area contributed by atoms with Crippen LogP contribution in [0.2, 0.25) is 10.0 Å². The highest BCUT2D eigenvalue weighted by Crippen LogP contribution is 2.36. The van der Waals surface area contributed by atoms with Crippen LogP contribution in [0.5, 0.6) is 5.75 Å². The Hall–Kier alpha value is -0.410. The smallest absolute Gasteiger partial charge is 0.133 e. The lowest BCUT2D eigenvalue weighted by atomic mass is 10.0. The maximum Gasteiger partial charge on any atom is 0.133 e. The van der Waals surface area contributed by atoms with E-state index in [0.717, 1.165) is 21.3 Å². The van der Waals surface area contributed by atoms with Crippen LogP contribution in [0.1, 0.15) is 16.5 Å². The number of methoxy groups -OCH3 is 1. The first-order valence-electron chi connectivity index (χ1n) is 5.45. The van der Waals surface area contributed by atoms with Crippen LogP contribution in [0.15, 0.2) is 40.9 Å². The summed E-state index contributed by atoms with van der Waals surface area (Å²) in [6, 6.07) is 11.1. The van der Waals surface area contributed by atoms with Crippen LogP contribution in [-0.4, -0.2) is 7.11 Å². The van der Waals surface area contributed by atoms with Gasteiger partial charge in [-0.1, -0.05) is 35.3 Å². The molecule has 0 aliphatic heterocycles. The lowest BCUT2D eigenvalue weighted by molar-refractivity contribution is 0.412. The zero-order valence-electron chi connectivity index (χ0n) is 9.96. The van der Waals surface area contributed by atoms with Crippen molar-refractivity contribution >= 4 is 50.7 Å². The molecule has 0 bridgehead atoms. The van der Waals surface area contributed by atoms with Crippen molar-refractivity contribution in [1.82, 2.24) is 0 Å². The largest absolute Gasteiger partial charge is 0.496 e. The molecule has 5 heteroatoms. The second-order valence-electron chi connectivity index (χ2n) is 3.93. The van der Waals surface area contributed by atoms with Gasteiger partial charge in [0.1, 0.15) is 5.75 Å². The van der Waals surface area contributed by atoms with E-state index >= 15 is 0 Å². The molecule has 0 aliphatic carbocycles. The highest BCUT2D eigenvalue weighted by molar-refractivity contribution is 9.10. The minimum atomic E-state index is -0.294. The van der Waals surface area contributed by atoms with E-state index in [1.54, 1.807) is 19.2 Å². The first kappa shape index (κ1) is 15.0. The lowest BCUT2D eigenvalue weighted by Crippen LogP contribution is -1.94. The van der Waals surface area contributed by atoms with E-state index in [-0.39, 0.29) is 5.38 Å². The molecule has 0 amide bonds. The van der Waals surface area contributed by atoms with E-state index in [2.05, 4.69) is 15.9 Å². The summed E-state index contributed by atoms with van der Waals surface area (Å²) in [5.41, 5.74) is 1.85. The fourth-order valence-electron chi connectivity index (χ4n) is 1.70. The van der Waals surface area contributed by atoms with Crippen LogP contribution >= 0.6 is 50.7 Å². The van der Waals surface area contributed by atoms with Crippen LogP contribution in [0.25, 0.3) is 0 Å². The first-order valence-corrected chi connectivity index (χ1v) is 7.44. The number of alkyl halides is 1. The fraction of sp³-hybridized carbons (Fsp3) is 0.143. The summed E-state index contributed by atoms with van der Waals surface area (Å²) in [6.07, 6.45) is 0. The molecule has 2 aromatic rings. The summed E-state index contributed by atoms with van der Waals surface area (Å²) in [4.78, 5) is 0. The molecule has 0 aromatic heterocycles. The minimum Gasteiger partial charge on any atom is -0.496 e. The average molecular weight is 380 g/mol. The summed E-state index contributed by atoms with van der Waals surface area (Å²) < 4.78 is 6.05. The van der Waals surface area contributed by atoms with Gasteiger partial charge < -0.3 is 4.74 Å². The molecule has 0 saturated heterocycles. The molecule has 0 N–H and O–H groups in total. The average Bonchev–Trinajstić information content (AvgIpc) is 2.41. The summed E-state index contributed by atoms with van der Waals surface area (Å²) in [6.45, 7) is 0. The van der Waals surface area contributed by atoms with Crippen molar-refractivity contribution in [2.45, 2.75) is 5.38 Å². The van der Waals surface area contributed by atoms with E-state index in [1.165, 1.54) is 0 Å². The van der Waals surface area contributed by atoms with Gasteiger partial charge in [-0.05, 0) is 51.3 Å². The summed E-state index contributed by atoms with van der Waals surface area (Å²) in [7, 11) is 1.62. The topological polar surface area (TPSA) is 9.23 Å². The molecule has 1 atom stereocenters. The Bertz CT molecular complexity index is 601. The van der Waals surface area contributed by atoms with E-state index in [0.29, 0.717) is 10.0 Å². The lowest BCUT2D eigenvalue weighted by Gasteiger charge is -2.13. The Morgan fingerprint density at radius 2 is 1.63 bits per heavy atom. The van der Waals surface area contributed by atoms with E-state index in [4.69, 9.17) is 39.5 Å². The van der Waals surface area contributed by atoms with Crippen LogP contribution in [-0.2, 0) is 0 Å². The monoisotopic (exact) mass is 378 g/mol. The van der Waals surface area contributed by atoms with Gasteiger partial charge in [0, 0.05) is 0 Å². The van der Waals surface area contributed by atoms with Crippen LogP contribution in [0, 0.1) is 0 Å². The standard InChI is InChI=1S/C14H10BrCl3O/c1-19-13-5-3-8(6-10(13)15)14(18)9-2-4-11(16)12(17)7-9/h2-7,14H,1H3. The second kappa shape index (κ2) is 6.36. The molecule has 0 aliphatic rings. The van der Waals surface area contributed by atoms with Crippen molar-refractivity contribution in [3.63, 3.8) is 0 Å². The minimum absolute atomic E-state index is 0.294. The third-order valence-electron chi connectivity index (χ3n) is 2.70. The summed E-state index contributed by atoms with van der Waals surface area (Å²) in [5, 5.41) is 0.722. The Morgan fingerprint density at radius 1 is 1.00 bits per heavy atom. The van der Waals surface area contributed by atoms with Gasteiger partial charge in [-0.15, -0.1) is 11.6 Å². The molecule has 1 nitrogen and oxygen atoms in total. The summed E-state index contributed by atoms with van der Waals surface area (Å²) >= 11 is 21.8. The van der Waals surface area contributed by atoms with Gasteiger partial charge in [0.15, 0.2) is 0 Å². The third kappa shape index (κ3) is 3.38. The quantitative estimate of drug-likeness (QED) is 0.585. The van der Waals surface area contributed by atoms with Crippen LogP contribution < -0.4 is 4.74 Å². The van der Waals surface area contributed by atoms with Crippen molar-refractivity contribution in [2.24, 2.45) is 0 Å². The van der Waals surface area contributed by atoms with Crippen molar-refractivity contribution in [3.8, 4) is 5.75 Å².